The third-order valence-corrected chi connectivity index (χ3v) is 4.95. The van der Waals surface area contributed by atoms with Gasteiger partial charge < -0.3 is 10.2 Å². The smallest absolute Gasteiger partial charge is 0.181 e. The van der Waals surface area contributed by atoms with Crippen LogP contribution in [0.15, 0.2) is 23.1 Å². The van der Waals surface area contributed by atoms with E-state index in [9.17, 15) is 13.5 Å². The highest BCUT2D eigenvalue weighted by Gasteiger charge is 2.23. The van der Waals surface area contributed by atoms with Crippen molar-refractivity contribution in [3.8, 4) is 0 Å². The maximum Gasteiger partial charge on any atom is 0.181 e. The van der Waals surface area contributed by atoms with Crippen molar-refractivity contribution in [2.24, 2.45) is 0 Å². The van der Waals surface area contributed by atoms with Gasteiger partial charge >= 0.3 is 0 Å². The van der Waals surface area contributed by atoms with Gasteiger partial charge in [0.2, 0.25) is 0 Å². The van der Waals surface area contributed by atoms with Crippen LogP contribution >= 0.6 is 0 Å². The number of hydrogen-bond acceptors (Lipinski definition) is 4. The van der Waals surface area contributed by atoms with Gasteiger partial charge in [0, 0.05) is 0 Å². The Morgan fingerprint density at radius 1 is 1.26 bits per heavy atom. The van der Waals surface area contributed by atoms with E-state index in [0.29, 0.717) is 5.56 Å². The molecule has 1 aromatic carbocycles. The summed E-state index contributed by atoms with van der Waals surface area (Å²) in [7, 11) is -3.60. The Balaban J connectivity index is 3.26. The van der Waals surface area contributed by atoms with E-state index in [2.05, 4.69) is 0 Å². The Morgan fingerprint density at radius 3 is 2.32 bits per heavy atom. The van der Waals surface area contributed by atoms with Crippen molar-refractivity contribution in [1.29, 1.82) is 0 Å². The number of aryl methyl sites for hydroxylation is 1. The van der Waals surface area contributed by atoms with Crippen molar-refractivity contribution in [2.45, 2.75) is 44.1 Å². The fourth-order valence-electron chi connectivity index (χ4n) is 1.80. The number of sulfone groups is 1. The molecule has 0 aromatic heterocycles. The summed E-state index contributed by atoms with van der Waals surface area (Å²) in [6.45, 7) is 7.20. The molecule has 0 aliphatic rings. The molecular formula is C14H22O4S. The largest absolute Gasteiger partial charge is 0.394 e. The molecule has 5 heteroatoms. The molecule has 1 rings (SSSR count). The van der Waals surface area contributed by atoms with Crippen LogP contribution < -0.4 is 0 Å². The van der Waals surface area contributed by atoms with Crippen LogP contribution in [0.25, 0.3) is 0 Å². The van der Waals surface area contributed by atoms with Crippen LogP contribution in [0, 0.1) is 6.92 Å². The van der Waals surface area contributed by atoms with Crippen LogP contribution in [0.4, 0.5) is 0 Å². The summed E-state index contributed by atoms with van der Waals surface area (Å²) in [6.07, 6.45) is -1.25. The van der Waals surface area contributed by atoms with Gasteiger partial charge in [-0.3, -0.25) is 0 Å². The van der Waals surface area contributed by atoms with Crippen LogP contribution in [0.3, 0.4) is 0 Å². The lowest BCUT2D eigenvalue weighted by molar-refractivity contribution is 0.112. The molecule has 0 radical (unpaired) electrons. The molecule has 0 aliphatic carbocycles. The van der Waals surface area contributed by atoms with Gasteiger partial charge in [-0.05, 0) is 29.5 Å². The molecule has 0 aliphatic heterocycles. The molecule has 1 aromatic rings. The Hall–Kier alpha value is -0.910. The van der Waals surface area contributed by atoms with E-state index in [0.717, 1.165) is 5.56 Å². The summed E-state index contributed by atoms with van der Waals surface area (Å²) >= 11 is 0. The van der Waals surface area contributed by atoms with Gasteiger partial charge in [-0.2, -0.15) is 0 Å². The highest BCUT2D eigenvalue weighted by Crippen LogP contribution is 2.27. The van der Waals surface area contributed by atoms with E-state index in [1.54, 1.807) is 19.1 Å². The summed E-state index contributed by atoms with van der Waals surface area (Å²) in [5, 5.41) is 18.1. The van der Waals surface area contributed by atoms with Gasteiger partial charge in [-0.1, -0.05) is 32.9 Å². The second-order valence-electron chi connectivity index (χ2n) is 5.85. The molecule has 4 nitrogen and oxygen atoms in total. The third-order valence-electron chi connectivity index (χ3n) is 3.01. The molecule has 0 fully saturated rings. The molecule has 0 saturated carbocycles. The van der Waals surface area contributed by atoms with Crippen molar-refractivity contribution in [3.63, 3.8) is 0 Å². The molecular weight excluding hydrogens is 264 g/mol. The van der Waals surface area contributed by atoms with Gasteiger partial charge in [0.05, 0.1) is 23.4 Å². The normalized spacial score (nSPS) is 14.4. The summed E-state index contributed by atoms with van der Waals surface area (Å²) in [5.74, 6) is -0.460. The number of hydrogen-bond donors (Lipinski definition) is 2. The fourth-order valence-corrected chi connectivity index (χ4v) is 3.45. The first-order valence-corrected chi connectivity index (χ1v) is 7.86. The molecule has 19 heavy (non-hydrogen) atoms. The van der Waals surface area contributed by atoms with E-state index in [-0.39, 0.29) is 10.3 Å². The molecule has 0 unspecified atom stereocenters. The summed E-state index contributed by atoms with van der Waals surface area (Å²) < 4.78 is 24.5. The molecule has 1 atom stereocenters. The molecule has 108 valence electrons. The van der Waals surface area contributed by atoms with E-state index in [1.807, 2.05) is 26.8 Å². The monoisotopic (exact) mass is 286 g/mol. The number of aliphatic hydroxyl groups excluding tert-OH is 2. The maximum atomic E-state index is 12.2. The first-order valence-electron chi connectivity index (χ1n) is 6.21. The van der Waals surface area contributed by atoms with E-state index in [1.165, 1.54) is 0 Å². The van der Waals surface area contributed by atoms with Crippen LogP contribution in [-0.4, -0.2) is 37.1 Å². The highest BCUT2D eigenvalue weighted by molar-refractivity contribution is 7.91. The summed E-state index contributed by atoms with van der Waals surface area (Å²) in [4.78, 5) is 0.229. The molecule has 0 spiro atoms. The zero-order chi connectivity index (χ0) is 14.8. The number of aliphatic hydroxyl groups is 2. The topological polar surface area (TPSA) is 74.6 Å². The quantitative estimate of drug-likeness (QED) is 0.878. The third kappa shape index (κ3) is 4.03. The van der Waals surface area contributed by atoms with E-state index >= 15 is 0 Å². The van der Waals surface area contributed by atoms with Gasteiger partial charge in [-0.15, -0.1) is 0 Å². The Bertz CT molecular complexity index is 541. The maximum absolute atomic E-state index is 12.2. The van der Waals surface area contributed by atoms with Crippen molar-refractivity contribution in [2.75, 3.05) is 12.4 Å². The van der Waals surface area contributed by atoms with Crippen LogP contribution in [-0.2, 0) is 15.3 Å². The average Bonchev–Trinajstić information content (AvgIpc) is 2.26. The second kappa shape index (κ2) is 5.61. The van der Waals surface area contributed by atoms with Crippen LogP contribution in [0.5, 0.6) is 0 Å². The van der Waals surface area contributed by atoms with Crippen LogP contribution in [0.2, 0.25) is 0 Å². The predicted molar refractivity (Wildman–Crippen MR) is 75.0 cm³/mol. The molecule has 2 N–H and O–H groups in total. The number of rotatable bonds is 4. The standard InChI is InChI=1S/C14H22O4S/c1-10-5-6-11(14(2,3)4)7-13(10)19(17,18)9-12(16)8-15/h5-7,12,15-16H,8-9H2,1-4H3/t12-/m0/s1. The van der Waals surface area contributed by atoms with E-state index < -0.39 is 28.3 Å². The first-order chi connectivity index (χ1) is 8.58. The minimum atomic E-state index is -3.60. The van der Waals surface area contributed by atoms with Gasteiger partial charge in [0.25, 0.3) is 0 Å². The Morgan fingerprint density at radius 2 is 1.84 bits per heavy atom. The zero-order valence-corrected chi connectivity index (χ0v) is 12.7. The first kappa shape index (κ1) is 16.1. The van der Waals surface area contributed by atoms with Crippen molar-refractivity contribution >= 4 is 9.84 Å². The van der Waals surface area contributed by atoms with Gasteiger partial charge in [0.1, 0.15) is 0 Å². The zero-order valence-electron chi connectivity index (χ0n) is 11.8. The molecule has 0 saturated heterocycles. The van der Waals surface area contributed by atoms with E-state index in [4.69, 9.17) is 5.11 Å². The lowest BCUT2D eigenvalue weighted by atomic mass is 9.87. The van der Waals surface area contributed by atoms with Crippen molar-refractivity contribution in [3.05, 3.63) is 29.3 Å². The van der Waals surface area contributed by atoms with Gasteiger partial charge in [-0.25, -0.2) is 8.42 Å². The Labute approximate surface area is 115 Å². The van der Waals surface area contributed by atoms with Crippen molar-refractivity contribution < 1.29 is 18.6 Å². The molecule has 0 amide bonds. The van der Waals surface area contributed by atoms with Crippen molar-refractivity contribution in [1.82, 2.24) is 0 Å². The number of benzene rings is 1. The average molecular weight is 286 g/mol. The summed E-state index contributed by atoms with van der Waals surface area (Å²) in [6, 6.07) is 5.35. The second-order valence-corrected chi connectivity index (χ2v) is 7.85. The van der Waals surface area contributed by atoms with Crippen LogP contribution in [0.1, 0.15) is 31.9 Å². The lowest BCUT2D eigenvalue weighted by Gasteiger charge is -2.21. The SMILES string of the molecule is Cc1ccc(C(C)(C)C)cc1S(=O)(=O)C[C@@H](O)CO. The minimum absolute atomic E-state index is 0.145. The minimum Gasteiger partial charge on any atom is -0.394 e. The Kier molecular flexibility index (Phi) is 4.76. The predicted octanol–water partition coefficient (Wildman–Crippen LogP) is 1.42. The lowest BCUT2D eigenvalue weighted by Crippen LogP contribution is -2.25. The fraction of sp³-hybridized carbons (Fsp3) is 0.571. The van der Waals surface area contributed by atoms with Gasteiger partial charge in [0.15, 0.2) is 9.84 Å². The summed E-state index contributed by atoms with van der Waals surface area (Å²) in [5.41, 5.74) is 1.43. The molecule has 0 heterocycles. The highest BCUT2D eigenvalue weighted by atomic mass is 32.2. The molecule has 0 bridgehead atoms.